The predicted molar refractivity (Wildman–Crippen MR) is 61.3 cm³/mol. The van der Waals surface area contributed by atoms with Crippen molar-refractivity contribution in [3.63, 3.8) is 0 Å². The van der Waals surface area contributed by atoms with E-state index < -0.39 is 19.1 Å². The molecule has 0 saturated heterocycles. The van der Waals surface area contributed by atoms with Crippen LogP contribution in [0.2, 0.25) is 0 Å². The minimum atomic E-state index is -5.04. The predicted octanol–water partition coefficient (Wildman–Crippen LogP) is 0.411. The molecule has 7 heteroatoms. The monoisotopic (exact) mass is 284 g/mol. The number of ether oxygens (including phenoxy) is 2. The Morgan fingerprint density at radius 3 is 2.28 bits per heavy atom. The van der Waals surface area contributed by atoms with Gasteiger partial charge in [0.05, 0.1) is 13.2 Å². The fraction of sp³-hybridized carbons (Fsp3) is 0.273. The van der Waals surface area contributed by atoms with E-state index in [1.165, 1.54) is 0 Å². The third-order valence-electron chi connectivity index (χ3n) is 2.00. The molecule has 0 radical (unpaired) electrons. The van der Waals surface area contributed by atoms with Crippen LogP contribution in [-0.2, 0) is 0 Å². The molecule has 0 unspecified atom stereocenters. The van der Waals surface area contributed by atoms with Gasteiger partial charge in [0, 0.05) is 6.07 Å². The second-order valence-corrected chi connectivity index (χ2v) is 3.43. The van der Waals surface area contributed by atoms with Crippen molar-refractivity contribution in [1.29, 1.82) is 0 Å². The first-order valence-corrected chi connectivity index (χ1v) is 5.16. The Hall–Kier alpha value is 0.0513. The molecule has 0 heterocycles. The van der Waals surface area contributed by atoms with E-state index in [1.807, 2.05) is 6.92 Å². The van der Waals surface area contributed by atoms with E-state index in [0.717, 1.165) is 0 Å². The van der Waals surface area contributed by atoms with Crippen molar-refractivity contribution in [2.45, 2.75) is 6.92 Å². The summed E-state index contributed by atoms with van der Waals surface area (Å²) in [4.78, 5) is 0. The molecule has 0 atom stereocenters. The second kappa shape index (κ2) is 8.27. The van der Waals surface area contributed by atoms with Crippen molar-refractivity contribution >= 4 is 6.98 Å². The van der Waals surface area contributed by atoms with E-state index in [9.17, 15) is 12.9 Å². The maximum absolute atomic E-state index is 12.2. The molecule has 94 valence electrons. The quantitative estimate of drug-likeness (QED) is 0.705. The van der Waals surface area contributed by atoms with Crippen LogP contribution in [0.1, 0.15) is 6.92 Å². The fourth-order valence-corrected chi connectivity index (χ4v) is 1.09. The van der Waals surface area contributed by atoms with Gasteiger partial charge in [0.2, 0.25) is 0 Å². The molecule has 0 aliphatic rings. The van der Waals surface area contributed by atoms with Crippen molar-refractivity contribution in [1.82, 2.24) is 0 Å². The van der Waals surface area contributed by atoms with Gasteiger partial charge in [-0.3, -0.25) is 0 Å². The Morgan fingerprint density at radius 2 is 1.78 bits per heavy atom. The Bertz CT molecular complexity index is 396. The largest absolute Gasteiger partial charge is 1.00 e. The Labute approximate surface area is 147 Å². The van der Waals surface area contributed by atoms with Gasteiger partial charge >= 0.3 is 58.4 Å². The normalized spacial score (nSPS) is 10.4. The average molecular weight is 284 g/mol. The Morgan fingerprint density at radius 1 is 1.22 bits per heavy atom. The van der Waals surface area contributed by atoms with Crippen molar-refractivity contribution in [3.05, 3.63) is 36.3 Å². The Balaban J connectivity index is 0.00000289. The second-order valence-electron chi connectivity index (χ2n) is 3.43. The molecule has 1 aromatic carbocycles. The van der Waals surface area contributed by atoms with Crippen LogP contribution >= 0.6 is 0 Å². The molecule has 2 nitrogen and oxygen atoms in total. The zero-order chi connectivity index (χ0) is 12.9. The number of hydrogen-bond acceptors (Lipinski definition) is 2. The average Bonchev–Trinajstić information content (AvgIpc) is 2.25. The van der Waals surface area contributed by atoms with E-state index >= 15 is 0 Å². The van der Waals surface area contributed by atoms with E-state index in [0.29, 0.717) is 18.1 Å². The molecule has 0 saturated carbocycles. The molecule has 0 fully saturated rings. The van der Waals surface area contributed by atoms with Crippen LogP contribution in [0, 0.1) is 0 Å². The van der Waals surface area contributed by atoms with E-state index in [-0.39, 0.29) is 51.4 Å². The summed E-state index contributed by atoms with van der Waals surface area (Å²) in [7, 11) is 0. The molecular formula is C11H13BF3KO2. The van der Waals surface area contributed by atoms with Crippen LogP contribution in [0.25, 0.3) is 0 Å². The number of hydrogen-bond donors (Lipinski definition) is 0. The van der Waals surface area contributed by atoms with Crippen molar-refractivity contribution in [2.24, 2.45) is 0 Å². The van der Waals surface area contributed by atoms with Crippen LogP contribution < -0.4 is 60.9 Å². The van der Waals surface area contributed by atoms with Crippen LogP contribution in [0.3, 0.4) is 0 Å². The first-order valence-electron chi connectivity index (χ1n) is 5.16. The summed E-state index contributed by atoms with van der Waals surface area (Å²) in [5.41, 5.74) is -0.855. The SMILES string of the molecule is C=C(COc1cccc(OCC)c1)[B-](F)(F)F.[K+]. The number of benzene rings is 1. The summed E-state index contributed by atoms with van der Waals surface area (Å²) in [5, 5.41) is 0. The van der Waals surface area contributed by atoms with Gasteiger partial charge in [-0.15, -0.1) is 12.1 Å². The first-order chi connectivity index (χ1) is 7.93. The van der Waals surface area contributed by atoms with Crippen LogP contribution in [0.5, 0.6) is 11.5 Å². The van der Waals surface area contributed by atoms with Gasteiger partial charge in [-0.05, 0) is 19.1 Å². The van der Waals surface area contributed by atoms with E-state index in [2.05, 4.69) is 6.58 Å². The molecule has 0 aliphatic heterocycles. The summed E-state index contributed by atoms with van der Waals surface area (Å²) in [6, 6.07) is 6.47. The van der Waals surface area contributed by atoms with E-state index in [4.69, 9.17) is 9.47 Å². The molecule has 18 heavy (non-hydrogen) atoms. The molecular weight excluding hydrogens is 271 g/mol. The van der Waals surface area contributed by atoms with Gasteiger partial charge in [0.25, 0.3) is 0 Å². The molecule has 0 bridgehead atoms. The van der Waals surface area contributed by atoms with Gasteiger partial charge in [0.1, 0.15) is 11.5 Å². The number of rotatable bonds is 6. The van der Waals surface area contributed by atoms with Crippen LogP contribution in [-0.4, -0.2) is 20.2 Å². The standard InChI is InChI=1S/C11H13BF3O2.K/c1-3-16-10-5-4-6-11(7-10)17-8-9(2)12(13,14)15;/h4-7H,2-3,8H2,1H3;/q-1;+1. The minimum Gasteiger partial charge on any atom is -0.494 e. The van der Waals surface area contributed by atoms with Gasteiger partial charge in [-0.1, -0.05) is 6.07 Å². The number of halogens is 3. The summed E-state index contributed by atoms with van der Waals surface area (Å²) in [5.74, 6) is 0.894. The zero-order valence-corrected chi connectivity index (χ0v) is 13.6. The van der Waals surface area contributed by atoms with Crippen molar-refractivity contribution in [3.8, 4) is 11.5 Å². The summed E-state index contributed by atoms with van der Waals surface area (Å²) in [6.07, 6.45) is 0. The van der Waals surface area contributed by atoms with Crippen LogP contribution in [0.15, 0.2) is 36.3 Å². The summed E-state index contributed by atoms with van der Waals surface area (Å²) >= 11 is 0. The first kappa shape index (κ1) is 18.1. The summed E-state index contributed by atoms with van der Waals surface area (Å²) < 4.78 is 46.8. The fourth-order valence-electron chi connectivity index (χ4n) is 1.09. The van der Waals surface area contributed by atoms with Crippen molar-refractivity contribution < 1.29 is 73.8 Å². The molecule has 0 spiro atoms. The molecule has 1 rings (SSSR count). The molecule has 0 aromatic heterocycles. The zero-order valence-electron chi connectivity index (χ0n) is 10.5. The van der Waals surface area contributed by atoms with Gasteiger partial charge < -0.3 is 22.4 Å². The topological polar surface area (TPSA) is 18.5 Å². The maximum Gasteiger partial charge on any atom is 1.00 e. The minimum absolute atomic E-state index is 0. The molecule has 0 amide bonds. The maximum atomic E-state index is 12.2. The van der Waals surface area contributed by atoms with Crippen molar-refractivity contribution in [2.75, 3.05) is 13.2 Å². The molecule has 0 N–H and O–H groups in total. The van der Waals surface area contributed by atoms with E-state index in [1.54, 1.807) is 24.3 Å². The molecule has 0 aliphatic carbocycles. The van der Waals surface area contributed by atoms with Crippen LogP contribution in [0.4, 0.5) is 12.9 Å². The smallest absolute Gasteiger partial charge is 0.494 e. The molecule has 1 aromatic rings. The van der Waals surface area contributed by atoms with Gasteiger partial charge in [-0.2, -0.15) is 0 Å². The third-order valence-corrected chi connectivity index (χ3v) is 2.00. The Kier molecular flexibility index (Phi) is 8.29. The van der Waals surface area contributed by atoms with Gasteiger partial charge in [0.15, 0.2) is 0 Å². The summed E-state index contributed by atoms with van der Waals surface area (Å²) in [6.45, 7) is -0.339. The third kappa shape index (κ3) is 6.29. The van der Waals surface area contributed by atoms with Gasteiger partial charge in [-0.25, -0.2) is 0 Å².